The molecule has 1 amide bonds. The van der Waals surface area contributed by atoms with Crippen molar-refractivity contribution in [3.8, 4) is 17.3 Å². The predicted octanol–water partition coefficient (Wildman–Crippen LogP) is 3.96. The highest BCUT2D eigenvalue weighted by Crippen LogP contribution is 2.22. The Hall–Kier alpha value is -5.36. The number of para-hydroxylation sites is 2. The first kappa shape index (κ1) is 21.5. The SMILES string of the molecule is N#Cc1ccccc1C(=O)c1ccc(-c2cnc(N)c(C(=O)Nc3nc4ccccc4[nH]3)n2)cc1. The molecule has 0 fully saturated rings. The average Bonchev–Trinajstić information content (AvgIpc) is 3.31. The van der Waals surface area contributed by atoms with E-state index in [4.69, 9.17) is 5.73 Å². The number of aromatic amines is 1. The van der Waals surface area contributed by atoms with E-state index in [2.05, 4.69) is 25.3 Å². The molecule has 0 saturated heterocycles. The Morgan fingerprint density at radius 1 is 0.943 bits per heavy atom. The molecule has 0 radical (unpaired) electrons. The van der Waals surface area contributed by atoms with Crippen LogP contribution in [0, 0.1) is 11.3 Å². The number of nitrogens with one attached hydrogen (secondary N) is 2. The van der Waals surface area contributed by atoms with Gasteiger partial charge in [0.2, 0.25) is 5.95 Å². The summed E-state index contributed by atoms with van der Waals surface area (Å²) in [5.74, 6) is -0.579. The van der Waals surface area contributed by atoms with Crippen molar-refractivity contribution in [2.45, 2.75) is 0 Å². The topological polar surface area (TPSA) is 150 Å². The fraction of sp³-hybridized carbons (Fsp3) is 0. The van der Waals surface area contributed by atoms with E-state index >= 15 is 0 Å². The summed E-state index contributed by atoms with van der Waals surface area (Å²) in [5, 5.41) is 11.9. The number of nitrogens with zero attached hydrogens (tertiary/aromatic N) is 4. The van der Waals surface area contributed by atoms with E-state index < -0.39 is 5.91 Å². The van der Waals surface area contributed by atoms with Gasteiger partial charge in [-0.15, -0.1) is 0 Å². The zero-order valence-electron chi connectivity index (χ0n) is 18.2. The Bertz CT molecular complexity index is 1600. The quantitative estimate of drug-likeness (QED) is 0.337. The van der Waals surface area contributed by atoms with E-state index in [9.17, 15) is 14.9 Å². The van der Waals surface area contributed by atoms with Gasteiger partial charge in [0, 0.05) is 16.7 Å². The summed E-state index contributed by atoms with van der Waals surface area (Å²) >= 11 is 0. The minimum atomic E-state index is -0.559. The standard InChI is InChI=1S/C26H17N7O2/c27-13-17-5-1-2-6-18(17)23(34)16-11-9-15(10-12-16)21-14-29-24(28)22(30-21)25(35)33-26-31-19-7-3-4-8-20(19)32-26/h1-12,14H,(H2,28,29)(H2,31,32,33,35). The van der Waals surface area contributed by atoms with Gasteiger partial charge in [0.15, 0.2) is 17.3 Å². The highest BCUT2D eigenvalue weighted by molar-refractivity contribution is 6.10. The number of nitriles is 1. The molecule has 0 unspecified atom stereocenters. The van der Waals surface area contributed by atoms with Crippen molar-refractivity contribution in [1.82, 2.24) is 19.9 Å². The molecule has 0 aliphatic carbocycles. The molecule has 2 heterocycles. The van der Waals surface area contributed by atoms with Crippen LogP contribution < -0.4 is 11.1 Å². The van der Waals surface area contributed by atoms with Gasteiger partial charge in [-0.25, -0.2) is 15.0 Å². The Balaban J connectivity index is 1.39. The second-order valence-corrected chi connectivity index (χ2v) is 7.61. The molecule has 0 bridgehead atoms. The lowest BCUT2D eigenvalue weighted by Crippen LogP contribution is -2.18. The van der Waals surface area contributed by atoms with E-state index in [0.717, 1.165) is 5.52 Å². The third-order valence-corrected chi connectivity index (χ3v) is 5.37. The van der Waals surface area contributed by atoms with Crippen LogP contribution in [0.25, 0.3) is 22.3 Å². The van der Waals surface area contributed by atoms with Crippen molar-refractivity contribution >= 4 is 34.5 Å². The monoisotopic (exact) mass is 459 g/mol. The maximum Gasteiger partial charge on any atom is 0.280 e. The molecular weight excluding hydrogens is 442 g/mol. The molecule has 9 heteroatoms. The first-order chi connectivity index (χ1) is 17.0. The van der Waals surface area contributed by atoms with E-state index in [-0.39, 0.29) is 23.2 Å². The zero-order valence-corrected chi connectivity index (χ0v) is 18.2. The van der Waals surface area contributed by atoms with Crippen LogP contribution in [-0.2, 0) is 0 Å². The molecule has 0 saturated carbocycles. The van der Waals surface area contributed by atoms with Crippen LogP contribution in [0.5, 0.6) is 0 Å². The molecule has 168 valence electrons. The van der Waals surface area contributed by atoms with Crippen molar-refractivity contribution in [1.29, 1.82) is 5.26 Å². The van der Waals surface area contributed by atoms with Gasteiger partial charge in [-0.2, -0.15) is 5.26 Å². The van der Waals surface area contributed by atoms with Crippen LogP contribution in [-0.4, -0.2) is 31.6 Å². The highest BCUT2D eigenvalue weighted by Gasteiger charge is 2.18. The Labute approximate surface area is 199 Å². The number of ketones is 1. The number of benzene rings is 3. The van der Waals surface area contributed by atoms with Gasteiger partial charge >= 0.3 is 0 Å². The van der Waals surface area contributed by atoms with E-state index in [1.807, 2.05) is 30.3 Å². The summed E-state index contributed by atoms with van der Waals surface area (Å²) in [4.78, 5) is 41.5. The Kier molecular flexibility index (Phi) is 5.45. The van der Waals surface area contributed by atoms with Crippen molar-refractivity contribution in [3.63, 3.8) is 0 Å². The number of aromatic nitrogens is 4. The van der Waals surface area contributed by atoms with Gasteiger partial charge in [0.25, 0.3) is 5.91 Å². The number of anilines is 2. The molecule has 3 aromatic carbocycles. The third kappa shape index (κ3) is 4.19. The molecule has 0 spiro atoms. The minimum absolute atomic E-state index is 0.0257. The van der Waals surface area contributed by atoms with Crippen LogP contribution in [0.2, 0.25) is 0 Å². The summed E-state index contributed by atoms with van der Waals surface area (Å²) in [6.07, 6.45) is 1.45. The second kappa shape index (κ2) is 8.88. The van der Waals surface area contributed by atoms with Gasteiger partial charge in [-0.3, -0.25) is 14.9 Å². The van der Waals surface area contributed by atoms with Gasteiger partial charge in [-0.1, -0.05) is 48.5 Å². The summed E-state index contributed by atoms with van der Waals surface area (Å²) in [6.45, 7) is 0. The van der Waals surface area contributed by atoms with Crippen LogP contribution in [0.1, 0.15) is 32.0 Å². The number of rotatable bonds is 5. The van der Waals surface area contributed by atoms with E-state index in [0.29, 0.717) is 33.5 Å². The van der Waals surface area contributed by atoms with E-state index in [1.165, 1.54) is 6.20 Å². The van der Waals surface area contributed by atoms with Gasteiger partial charge in [0.1, 0.15) is 0 Å². The number of nitrogen functional groups attached to an aromatic ring is 1. The first-order valence-corrected chi connectivity index (χ1v) is 10.6. The second-order valence-electron chi connectivity index (χ2n) is 7.61. The van der Waals surface area contributed by atoms with Crippen LogP contribution in [0.3, 0.4) is 0 Å². The Morgan fingerprint density at radius 2 is 1.69 bits per heavy atom. The number of amides is 1. The number of nitrogens with two attached hydrogens (primary N) is 1. The number of fused-ring (bicyclic) bond motifs is 1. The summed E-state index contributed by atoms with van der Waals surface area (Å²) in [7, 11) is 0. The van der Waals surface area contributed by atoms with Crippen LogP contribution in [0.15, 0.2) is 79.0 Å². The molecule has 0 aliphatic rings. The van der Waals surface area contributed by atoms with Crippen molar-refractivity contribution in [2.24, 2.45) is 0 Å². The highest BCUT2D eigenvalue weighted by atomic mass is 16.2. The van der Waals surface area contributed by atoms with Crippen molar-refractivity contribution in [2.75, 3.05) is 11.1 Å². The number of imidazole rings is 1. The van der Waals surface area contributed by atoms with Gasteiger partial charge in [0.05, 0.1) is 34.6 Å². The van der Waals surface area contributed by atoms with Crippen LogP contribution in [0.4, 0.5) is 11.8 Å². The largest absolute Gasteiger partial charge is 0.382 e. The number of carbonyl (C=O) groups excluding carboxylic acids is 2. The molecule has 35 heavy (non-hydrogen) atoms. The number of H-pyrrole nitrogens is 1. The molecule has 5 aromatic rings. The van der Waals surface area contributed by atoms with Gasteiger partial charge < -0.3 is 10.7 Å². The lowest BCUT2D eigenvalue weighted by molar-refractivity contribution is 0.101. The summed E-state index contributed by atoms with van der Waals surface area (Å²) < 4.78 is 0. The zero-order chi connectivity index (χ0) is 24.4. The lowest BCUT2D eigenvalue weighted by Gasteiger charge is -2.08. The fourth-order valence-corrected chi connectivity index (χ4v) is 3.61. The molecule has 0 aliphatic heterocycles. The number of hydrogen-bond acceptors (Lipinski definition) is 7. The molecule has 0 atom stereocenters. The molecule has 2 aromatic heterocycles. The smallest absolute Gasteiger partial charge is 0.280 e. The molecular formula is C26H17N7O2. The molecule has 4 N–H and O–H groups in total. The average molecular weight is 459 g/mol. The normalized spacial score (nSPS) is 10.6. The maximum absolute atomic E-state index is 12.8. The van der Waals surface area contributed by atoms with Crippen molar-refractivity contribution in [3.05, 3.63) is 101 Å². The first-order valence-electron chi connectivity index (χ1n) is 10.6. The predicted molar refractivity (Wildman–Crippen MR) is 131 cm³/mol. The summed E-state index contributed by atoms with van der Waals surface area (Å²) in [6, 6.07) is 22.7. The summed E-state index contributed by atoms with van der Waals surface area (Å²) in [5.41, 5.74) is 9.47. The number of carbonyl (C=O) groups is 2. The van der Waals surface area contributed by atoms with Gasteiger partial charge in [-0.05, 0) is 24.3 Å². The Morgan fingerprint density at radius 3 is 2.46 bits per heavy atom. The third-order valence-electron chi connectivity index (χ3n) is 5.37. The van der Waals surface area contributed by atoms with Crippen LogP contribution >= 0.6 is 0 Å². The fourth-order valence-electron chi connectivity index (χ4n) is 3.61. The lowest BCUT2D eigenvalue weighted by atomic mass is 9.98. The van der Waals surface area contributed by atoms with E-state index in [1.54, 1.807) is 48.5 Å². The molecule has 9 nitrogen and oxygen atoms in total. The maximum atomic E-state index is 12.8. The molecule has 5 rings (SSSR count). The minimum Gasteiger partial charge on any atom is -0.382 e. The van der Waals surface area contributed by atoms with Crippen molar-refractivity contribution < 1.29 is 9.59 Å². The number of hydrogen-bond donors (Lipinski definition) is 3.